The Labute approximate surface area is 185 Å². The smallest absolute Gasteiger partial charge is 0.412 e. The number of H-pyrrole nitrogens is 1. The van der Waals surface area contributed by atoms with Crippen LogP contribution in [0.2, 0.25) is 0 Å². The van der Waals surface area contributed by atoms with Crippen LogP contribution in [0.3, 0.4) is 0 Å². The van der Waals surface area contributed by atoms with Gasteiger partial charge in [0.05, 0.1) is 24.0 Å². The molecule has 1 aliphatic heterocycles. The zero-order valence-electron chi connectivity index (χ0n) is 18.6. The van der Waals surface area contributed by atoms with Crippen molar-refractivity contribution < 1.29 is 14.3 Å². The number of hydrogen-bond donors (Lipinski definition) is 3. The van der Waals surface area contributed by atoms with Crippen LogP contribution in [-0.4, -0.2) is 26.5 Å². The maximum Gasteiger partial charge on any atom is 0.412 e. The molecule has 1 unspecified atom stereocenters. The van der Waals surface area contributed by atoms with Crippen LogP contribution in [-0.2, 0) is 28.2 Å². The molecule has 4 rings (SSSR count). The van der Waals surface area contributed by atoms with Gasteiger partial charge in [-0.05, 0) is 44.4 Å². The molecule has 3 N–H and O–H groups in total. The number of rotatable bonds is 6. The van der Waals surface area contributed by atoms with Crippen LogP contribution in [0.5, 0.6) is 0 Å². The predicted molar refractivity (Wildman–Crippen MR) is 120 cm³/mol. The second-order valence-corrected chi connectivity index (χ2v) is 8.83. The maximum atomic E-state index is 13.2. The first-order chi connectivity index (χ1) is 15.2. The molecule has 9 nitrogen and oxygen atoms in total. The van der Waals surface area contributed by atoms with Gasteiger partial charge in [0.2, 0.25) is 5.91 Å². The zero-order chi connectivity index (χ0) is 23.0. The number of pyridine rings is 2. The van der Waals surface area contributed by atoms with Gasteiger partial charge in [-0.15, -0.1) is 0 Å². The quantitative estimate of drug-likeness (QED) is 0.547. The van der Waals surface area contributed by atoms with Crippen molar-refractivity contribution in [1.29, 1.82) is 0 Å². The monoisotopic (exact) mass is 437 g/mol. The van der Waals surface area contributed by atoms with E-state index in [4.69, 9.17) is 4.74 Å². The summed E-state index contributed by atoms with van der Waals surface area (Å²) >= 11 is 0. The van der Waals surface area contributed by atoms with Crippen molar-refractivity contribution in [2.75, 3.05) is 5.32 Å². The van der Waals surface area contributed by atoms with Gasteiger partial charge in [-0.1, -0.05) is 13.8 Å². The molecule has 168 valence electrons. The van der Waals surface area contributed by atoms with Crippen molar-refractivity contribution in [2.24, 2.45) is 5.92 Å². The minimum atomic E-state index is -0.903. The van der Waals surface area contributed by atoms with Gasteiger partial charge in [-0.2, -0.15) is 0 Å². The summed E-state index contributed by atoms with van der Waals surface area (Å²) in [5.41, 5.74) is 1.73. The Balaban J connectivity index is 1.55. The van der Waals surface area contributed by atoms with Crippen molar-refractivity contribution in [2.45, 2.75) is 52.8 Å². The van der Waals surface area contributed by atoms with Crippen LogP contribution in [0.4, 0.5) is 10.5 Å². The maximum absolute atomic E-state index is 13.2. The number of ether oxygens (including phenoxy) is 1. The number of cyclic esters (lactones) is 1. The largest absolute Gasteiger partial charge is 0.438 e. The molecular formula is C23H27N5O4. The number of carbonyl (C=O) groups is 2. The molecule has 0 saturated heterocycles. The molecule has 0 bridgehead atoms. The van der Waals surface area contributed by atoms with Crippen molar-refractivity contribution in [3.8, 4) is 0 Å². The van der Waals surface area contributed by atoms with Gasteiger partial charge in [-0.25, -0.2) is 4.79 Å². The summed E-state index contributed by atoms with van der Waals surface area (Å²) in [5, 5.41) is 6.34. The van der Waals surface area contributed by atoms with E-state index in [9.17, 15) is 14.4 Å². The molecule has 0 aliphatic carbocycles. The van der Waals surface area contributed by atoms with Crippen LogP contribution in [0.1, 0.15) is 44.1 Å². The van der Waals surface area contributed by atoms with Crippen LogP contribution < -0.4 is 16.2 Å². The molecule has 0 radical (unpaired) electrons. The van der Waals surface area contributed by atoms with E-state index in [0.717, 1.165) is 10.9 Å². The Morgan fingerprint density at radius 1 is 1.31 bits per heavy atom. The number of nitrogens with zero attached hydrogens (tertiary/aromatic N) is 2. The summed E-state index contributed by atoms with van der Waals surface area (Å²) in [4.78, 5) is 45.3. The molecule has 32 heavy (non-hydrogen) atoms. The lowest BCUT2D eigenvalue weighted by molar-refractivity contribution is -0.121. The number of carbonyl (C=O) groups excluding carboxylic acids is 2. The first kappa shape index (κ1) is 21.6. The molecule has 0 saturated carbocycles. The third-order valence-corrected chi connectivity index (χ3v) is 5.68. The van der Waals surface area contributed by atoms with E-state index >= 15 is 0 Å². The Kier molecular flexibility index (Phi) is 5.50. The summed E-state index contributed by atoms with van der Waals surface area (Å²) < 4.78 is 6.93. The fraction of sp³-hybridized carbons (Fsp3) is 0.391. The number of aromatic amines is 1. The first-order valence-electron chi connectivity index (χ1n) is 10.6. The molecule has 1 aliphatic rings. The Hall–Kier alpha value is -3.62. The van der Waals surface area contributed by atoms with E-state index in [1.807, 2.05) is 45.2 Å². The Bertz CT molecular complexity index is 1260. The van der Waals surface area contributed by atoms with Gasteiger partial charge >= 0.3 is 6.09 Å². The topological polar surface area (TPSA) is 118 Å². The number of aryl methyl sites for hydroxylation is 1. The highest BCUT2D eigenvalue weighted by molar-refractivity contribution is 5.88. The number of aromatic nitrogens is 3. The molecule has 3 aromatic heterocycles. The van der Waals surface area contributed by atoms with Crippen molar-refractivity contribution >= 4 is 28.6 Å². The first-order valence-corrected chi connectivity index (χ1v) is 10.6. The van der Waals surface area contributed by atoms with E-state index in [0.29, 0.717) is 23.4 Å². The highest BCUT2D eigenvalue weighted by Gasteiger charge is 2.40. The molecule has 3 aromatic rings. The molecule has 1 atom stereocenters. The lowest BCUT2D eigenvalue weighted by Gasteiger charge is -2.37. The number of hydrogen-bond acceptors (Lipinski definition) is 5. The van der Waals surface area contributed by atoms with Gasteiger partial charge < -0.3 is 19.6 Å². The third-order valence-electron chi connectivity index (χ3n) is 5.68. The summed E-state index contributed by atoms with van der Waals surface area (Å²) in [7, 11) is 0. The second-order valence-electron chi connectivity index (χ2n) is 8.83. The van der Waals surface area contributed by atoms with Gasteiger partial charge in [0, 0.05) is 22.8 Å². The minimum absolute atomic E-state index is 0.165. The molecular weight excluding hydrogens is 410 g/mol. The van der Waals surface area contributed by atoms with Gasteiger partial charge in [0.1, 0.15) is 17.8 Å². The molecule has 4 heterocycles. The van der Waals surface area contributed by atoms with Crippen LogP contribution in [0.25, 0.3) is 10.9 Å². The summed E-state index contributed by atoms with van der Waals surface area (Å²) in [6.45, 7) is 7.72. The summed E-state index contributed by atoms with van der Waals surface area (Å²) in [5.74, 6) is -0.0687. The number of nitrogens with one attached hydrogen (secondary N) is 3. The van der Waals surface area contributed by atoms with Gasteiger partial charge in [-0.3, -0.25) is 19.9 Å². The average molecular weight is 438 g/mol. The number of fused-ring (bicyclic) bond motifs is 2. The van der Waals surface area contributed by atoms with Crippen LogP contribution >= 0.6 is 0 Å². The van der Waals surface area contributed by atoms with E-state index in [-0.39, 0.29) is 30.6 Å². The summed E-state index contributed by atoms with van der Waals surface area (Å²) in [6, 6.07) is 5.64. The zero-order valence-corrected chi connectivity index (χ0v) is 18.6. The van der Waals surface area contributed by atoms with Crippen LogP contribution in [0.15, 0.2) is 35.4 Å². The van der Waals surface area contributed by atoms with E-state index in [1.165, 1.54) is 4.57 Å². The van der Waals surface area contributed by atoms with E-state index in [2.05, 4.69) is 20.6 Å². The minimum Gasteiger partial charge on any atom is -0.438 e. The average Bonchev–Trinajstić information content (AvgIpc) is 3.18. The highest BCUT2D eigenvalue weighted by atomic mass is 16.6. The molecule has 0 spiro atoms. The number of anilines is 1. The Morgan fingerprint density at radius 2 is 2.09 bits per heavy atom. The second kappa shape index (κ2) is 8.14. The SMILES string of the molecule is Cc1cc2c(c(=O)n1CC(=O)NCc1cc3cc[nH]c3cn1)NC(=O)OC2(C)CC(C)C. The Morgan fingerprint density at radius 3 is 2.84 bits per heavy atom. The van der Waals surface area contributed by atoms with Crippen molar-refractivity contribution in [3.05, 3.63) is 57.9 Å². The van der Waals surface area contributed by atoms with E-state index in [1.54, 1.807) is 13.1 Å². The highest BCUT2D eigenvalue weighted by Crippen LogP contribution is 2.39. The van der Waals surface area contributed by atoms with E-state index < -0.39 is 17.3 Å². The number of amides is 2. The lowest BCUT2D eigenvalue weighted by atomic mass is 9.85. The summed E-state index contributed by atoms with van der Waals surface area (Å²) in [6.07, 6.45) is 3.46. The molecule has 0 aromatic carbocycles. The fourth-order valence-electron chi connectivity index (χ4n) is 4.30. The van der Waals surface area contributed by atoms with Gasteiger partial charge in [0.15, 0.2) is 0 Å². The third kappa shape index (κ3) is 4.10. The lowest BCUT2D eigenvalue weighted by Crippen LogP contribution is -2.43. The molecule has 9 heteroatoms. The van der Waals surface area contributed by atoms with Crippen molar-refractivity contribution in [1.82, 2.24) is 19.9 Å². The van der Waals surface area contributed by atoms with Gasteiger partial charge in [0.25, 0.3) is 5.56 Å². The standard InChI is InChI=1S/C23H27N5O4/c1-13(2)9-23(4)17-7-14(3)28(21(30)20(17)27-22(31)32-23)12-19(29)26-10-16-8-15-5-6-24-18(15)11-25-16/h5-8,11,13,24H,9-10,12H2,1-4H3,(H,26,29)(H,27,31). The molecule has 0 fully saturated rings. The van der Waals surface area contributed by atoms with Crippen molar-refractivity contribution in [3.63, 3.8) is 0 Å². The van der Waals surface area contributed by atoms with Crippen LogP contribution in [0, 0.1) is 12.8 Å². The molecule has 2 amide bonds. The predicted octanol–water partition coefficient (Wildman–Crippen LogP) is 3.17. The normalized spacial score (nSPS) is 17.7. The fourth-order valence-corrected chi connectivity index (χ4v) is 4.30.